The Morgan fingerprint density at radius 2 is 2.19 bits per heavy atom. The highest BCUT2D eigenvalue weighted by Gasteiger charge is 2.24. The molecule has 1 unspecified atom stereocenters. The van der Waals surface area contributed by atoms with Crippen molar-refractivity contribution in [3.05, 3.63) is 50.6 Å². The normalized spacial score (nSPS) is 14.3. The van der Waals surface area contributed by atoms with Gasteiger partial charge in [-0.2, -0.15) is 0 Å². The number of hydrogen-bond acceptors (Lipinski definition) is 5. The molecule has 2 aromatic heterocycles. The molecule has 0 saturated carbocycles. The van der Waals surface area contributed by atoms with Gasteiger partial charge in [0.2, 0.25) is 5.91 Å². The Hall–Kier alpha value is -2.12. The summed E-state index contributed by atoms with van der Waals surface area (Å²) in [7, 11) is 1.74. The van der Waals surface area contributed by atoms with Crippen molar-refractivity contribution in [1.29, 1.82) is 0 Å². The zero-order valence-electron chi connectivity index (χ0n) is 15.5. The summed E-state index contributed by atoms with van der Waals surface area (Å²) >= 11 is 2.94. The Morgan fingerprint density at radius 1 is 1.37 bits per heavy atom. The van der Waals surface area contributed by atoms with Crippen LogP contribution >= 0.6 is 23.1 Å². The van der Waals surface area contributed by atoms with E-state index in [9.17, 15) is 9.59 Å². The number of thiophene rings is 1. The number of anilines is 1. The van der Waals surface area contributed by atoms with Crippen LogP contribution in [0.3, 0.4) is 0 Å². The summed E-state index contributed by atoms with van der Waals surface area (Å²) in [6.07, 6.45) is 3.12. The first-order valence-corrected chi connectivity index (χ1v) is 10.7. The molecule has 1 N–H and O–H groups in total. The second-order valence-corrected chi connectivity index (χ2v) is 9.31. The minimum Gasteiger partial charge on any atom is -0.325 e. The van der Waals surface area contributed by atoms with Crippen LogP contribution in [0.25, 0.3) is 10.2 Å². The van der Waals surface area contributed by atoms with Crippen molar-refractivity contribution >= 4 is 44.9 Å². The first-order valence-electron chi connectivity index (χ1n) is 8.99. The van der Waals surface area contributed by atoms with Crippen LogP contribution in [0.15, 0.2) is 34.2 Å². The number of benzene rings is 1. The highest BCUT2D eigenvalue weighted by molar-refractivity contribution is 8.00. The molecule has 2 heterocycles. The van der Waals surface area contributed by atoms with E-state index in [0.29, 0.717) is 5.16 Å². The van der Waals surface area contributed by atoms with Gasteiger partial charge >= 0.3 is 0 Å². The molecule has 0 spiro atoms. The highest BCUT2D eigenvalue weighted by Crippen LogP contribution is 2.35. The van der Waals surface area contributed by atoms with Crippen LogP contribution in [0.1, 0.15) is 29.3 Å². The van der Waals surface area contributed by atoms with Crippen LogP contribution < -0.4 is 10.9 Å². The van der Waals surface area contributed by atoms with Gasteiger partial charge in [0.25, 0.3) is 5.56 Å². The molecule has 27 heavy (non-hydrogen) atoms. The van der Waals surface area contributed by atoms with Crippen molar-refractivity contribution in [1.82, 2.24) is 9.55 Å². The summed E-state index contributed by atoms with van der Waals surface area (Å²) in [5.74, 6) is -0.103. The number of thioether (sulfide) groups is 1. The van der Waals surface area contributed by atoms with Crippen LogP contribution in [0.2, 0.25) is 0 Å². The topological polar surface area (TPSA) is 64.0 Å². The van der Waals surface area contributed by atoms with Crippen molar-refractivity contribution in [2.75, 3.05) is 5.32 Å². The number of aryl methyl sites for hydroxylation is 3. The van der Waals surface area contributed by atoms with Crippen molar-refractivity contribution < 1.29 is 4.79 Å². The fraction of sp³-hybridized carbons (Fsp3) is 0.350. The summed E-state index contributed by atoms with van der Waals surface area (Å²) in [6, 6.07) is 7.71. The fourth-order valence-electron chi connectivity index (χ4n) is 3.39. The van der Waals surface area contributed by atoms with Crippen LogP contribution in [0, 0.1) is 6.92 Å². The third kappa shape index (κ3) is 3.41. The predicted octanol–water partition coefficient (Wildman–Crippen LogP) is 3.91. The number of nitrogens with zero attached hydrogens (tertiary/aromatic N) is 2. The van der Waals surface area contributed by atoms with E-state index in [4.69, 9.17) is 4.98 Å². The number of hydrogen-bond donors (Lipinski definition) is 1. The van der Waals surface area contributed by atoms with E-state index in [1.54, 1.807) is 23.0 Å². The third-order valence-corrected chi connectivity index (χ3v) is 7.17. The van der Waals surface area contributed by atoms with Gasteiger partial charge in [0.1, 0.15) is 4.83 Å². The zero-order chi connectivity index (χ0) is 19.1. The van der Waals surface area contributed by atoms with E-state index in [1.807, 2.05) is 38.1 Å². The Kier molecular flexibility index (Phi) is 4.82. The van der Waals surface area contributed by atoms with Crippen LogP contribution in [0.5, 0.6) is 0 Å². The maximum Gasteiger partial charge on any atom is 0.262 e. The van der Waals surface area contributed by atoms with Crippen molar-refractivity contribution in [2.24, 2.45) is 7.05 Å². The van der Waals surface area contributed by atoms with E-state index in [-0.39, 0.29) is 16.7 Å². The first-order chi connectivity index (χ1) is 12.9. The van der Waals surface area contributed by atoms with Crippen LogP contribution in [-0.2, 0) is 24.7 Å². The van der Waals surface area contributed by atoms with Crippen LogP contribution in [-0.4, -0.2) is 20.7 Å². The van der Waals surface area contributed by atoms with Crippen molar-refractivity contribution in [3.8, 4) is 0 Å². The van der Waals surface area contributed by atoms with E-state index in [2.05, 4.69) is 5.32 Å². The average Bonchev–Trinajstić information content (AvgIpc) is 3.20. The number of rotatable bonds is 4. The Bertz CT molecular complexity index is 1100. The number of nitrogens with one attached hydrogen (secondary N) is 1. The quantitative estimate of drug-likeness (QED) is 0.534. The Balaban J connectivity index is 1.58. The largest absolute Gasteiger partial charge is 0.325 e. The fourth-order valence-corrected chi connectivity index (χ4v) is 5.57. The van der Waals surface area contributed by atoms with Gasteiger partial charge in [-0.05, 0) is 56.4 Å². The minimum atomic E-state index is -0.368. The molecule has 1 aliphatic rings. The van der Waals surface area contributed by atoms with Gasteiger partial charge in [-0.3, -0.25) is 14.2 Å². The standard InChI is InChI=1S/C20H21N3O2S2/c1-11-6-4-7-13(10-11)21-17(24)12(2)26-20-22-18-16(19(25)23(20)3)14-8-5-9-15(14)27-18/h4,6-7,10,12H,5,8-9H2,1-3H3,(H,21,24). The van der Waals surface area contributed by atoms with Gasteiger partial charge in [0.15, 0.2) is 5.16 Å². The Morgan fingerprint density at radius 3 is 2.96 bits per heavy atom. The first kappa shape index (κ1) is 18.3. The number of aromatic nitrogens is 2. The molecule has 7 heteroatoms. The molecule has 0 saturated heterocycles. The maximum absolute atomic E-state index is 12.9. The molecule has 5 nitrogen and oxygen atoms in total. The molecule has 3 aromatic rings. The molecular formula is C20H21N3O2S2. The maximum atomic E-state index is 12.9. The van der Waals surface area contributed by atoms with Crippen LogP contribution in [0.4, 0.5) is 5.69 Å². The lowest BCUT2D eigenvalue weighted by molar-refractivity contribution is -0.115. The lowest BCUT2D eigenvalue weighted by Crippen LogP contribution is -2.25. The molecule has 0 radical (unpaired) electrons. The van der Waals surface area contributed by atoms with Gasteiger partial charge in [-0.15, -0.1) is 11.3 Å². The molecule has 0 fully saturated rings. The van der Waals surface area contributed by atoms with Gasteiger partial charge in [0.05, 0.1) is 10.6 Å². The molecule has 4 rings (SSSR count). The minimum absolute atomic E-state index is 0.00630. The summed E-state index contributed by atoms with van der Waals surface area (Å²) in [6.45, 7) is 3.82. The number of carbonyl (C=O) groups is 1. The SMILES string of the molecule is Cc1cccc(NC(=O)C(C)Sc2nc3sc4c(c3c(=O)n2C)CCC4)c1. The molecule has 1 amide bonds. The predicted molar refractivity (Wildman–Crippen MR) is 112 cm³/mol. The second kappa shape index (κ2) is 7.13. The summed E-state index contributed by atoms with van der Waals surface area (Å²) < 4.78 is 1.58. The third-order valence-electron chi connectivity index (χ3n) is 4.84. The van der Waals surface area contributed by atoms with Gasteiger partial charge < -0.3 is 5.32 Å². The molecule has 1 aliphatic carbocycles. The summed E-state index contributed by atoms with van der Waals surface area (Å²) in [5, 5.41) is 3.92. The van der Waals surface area contributed by atoms with E-state index in [1.165, 1.54) is 22.2 Å². The number of amides is 1. The Labute approximate surface area is 165 Å². The zero-order valence-corrected chi connectivity index (χ0v) is 17.2. The second-order valence-electron chi connectivity index (χ2n) is 6.91. The summed E-state index contributed by atoms with van der Waals surface area (Å²) in [5.41, 5.74) is 3.05. The number of carbonyl (C=O) groups excluding carboxylic acids is 1. The van der Waals surface area contributed by atoms with E-state index in [0.717, 1.165) is 40.7 Å². The molecule has 1 aromatic carbocycles. The molecule has 0 aliphatic heterocycles. The van der Waals surface area contributed by atoms with Gasteiger partial charge in [-0.25, -0.2) is 4.98 Å². The lowest BCUT2D eigenvalue weighted by Gasteiger charge is -2.14. The van der Waals surface area contributed by atoms with Gasteiger partial charge in [0, 0.05) is 17.6 Å². The van der Waals surface area contributed by atoms with E-state index < -0.39 is 0 Å². The van der Waals surface area contributed by atoms with Crippen molar-refractivity contribution in [3.63, 3.8) is 0 Å². The monoisotopic (exact) mass is 399 g/mol. The molecular weight excluding hydrogens is 378 g/mol. The summed E-state index contributed by atoms with van der Waals surface area (Å²) in [4.78, 5) is 32.2. The van der Waals surface area contributed by atoms with E-state index >= 15 is 0 Å². The highest BCUT2D eigenvalue weighted by atomic mass is 32.2. The molecule has 0 bridgehead atoms. The van der Waals surface area contributed by atoms with Gasteiger partial charge in [-0.1, -0.05) is 23.9 Å². The molecule has 1 atom stereocenters. The average molecular weight is 400 g/mol. The van der Waals surface area contributed by atoms with Crippen molar-refractivity contribution in [2.45, 2.75) is 43.5 Å². The molecule has 140 valence electrons. The smallest absolute Gasteiger partial charge is 0.262 e. The lowest BCUT2D eigenvalue weighted by atomic mass is 10.2. The number of fused-ring (bicyclic) bond motifs is 3.